The van der Waals surface area contributed by atoms with E-state index in [0.717, 1.165) is 10.0 Å². The molecule has 0 aliphatic rings. The van der Waals surface area contributed by atoms with Crippen LogP contribution in [0.1, 0.15) is 12.0 Å². The molecule has 0 aliphatic heterocycles. The van der Waals surface area contributed by atoms with Crippen molar-refractivity contribution in [2.75, 3.05) is 11.9 Å². The summed E-state index contributed by atoms with van der Waals surface area (Å²) >= 11 is 3.32. The lowest BCUT2D eigenvalue weighted by atomic mass is 10.2. The van der Waals surface area contributed by atoms with Crippen LogP contribution in [0.2, 0.25) is 0 Å². The third kappa shape index (κ3) is 4.55. The summed E-state index contributed by atoms with van der Waals surface area (Å²) in [6, 6.07) is 5.36. The number of hydrogen-bond donors (Lipinski definition) is 1. The molecule has 0 atom stereocenters. The van der Waals surface area contributed by atoms with Crippen LogP contribution < -0.4 is 5.32 Å². The standard InChI is InChI=1S/C10H11BrF3N/c1-7-6-8(2-3-9(7)11)15-5-4-10(12,13)14/h2-3,6,15H,4-5H2,1H3. The molecule has 0 heterocycles. The summed E-state index contributed by atoms with van der Waals surface area (Å²) in [6.07, 6.45) is -4.92. The molecule has 0 amide bonds. The lowest BCUT2D eigenvalue weighted by Crippen LogP contribution is -2.14. The van der Waals surface area contributed by atoms with Gasteiger partial charge < -0.3 is 5.32 Å². The van der Waals surface area contributed by atoms with Crippen LogP contribution >= 0.6 is 15.9 Å². The molecule has 0 radical (unpaired) electrons. The van der Waals surface area contributed by atoms with Crippen molar-refractivity contribution in [2.24, 2.45) is 0 Å². The Morgan fingerprint density at radius 3 is 2.53 bits per heavy atom. The summed E-state index contributed by atoms with van der Waals surface area (Å²) in [4.78, 5) is 0. The first-order valence-electron chi connectivity index (χ1n) is 4.45. The normalized spacial score (nSPS) is 11.5. The van der Waals surface area contributed by atoms with Gasteiger partial charge in [-0.2, -0.15) is 13.2 Å². The lowest BCUT2D eigenvalue weighted by molar-refractivity contribution is -0.131. The molecule has 0 saturated carbocycles. The maximum absolute atomic E-state index is 11.9. The highest BCUT2D eigenvalue weighted by molar-refractivity contribution is 9.10. The zero-order chi connectivity index (χ0) is 11.5. The van der Waals surface area contributed by atoms with Crippen molar-refractivity contribution in [3.8, 4) is 0 Å². The first kappa shape index (κ1) is 12.4. The molecule has 0 unspecified atom stereocenters. The molecule has 0 spiro atoms. The highest BCUT2D eigenvalue weighted by Gasteiger charge is 2.25. The average molecular weight is 282 g/mol. The van der Waals surface area contributed by atoms with Crippen LogP contribution in [0.25, 0.3) is 0 Å². The van der Waals surface area contributed by atoms with Gasteiger partial charge in [0.2, 0.25) is 0 Å². The van der Waals surface area contributed by atoms with E-state index >= 15 is 0 Å². The molecule has 0 bridgehead atoms. The number of rotatable bonds is 3. The minimum Gasteiger partial charge on any atom is -0.385 e. The Labute approximate surface area is 94.8 Å². The van der Waals surface area contributed by atoms with Crippen molar-refractivity contribution in [2.45, 2.75) is 19.5 Å². The van der Waals surface area contributed by atoms with Crippen molar-refractivity contribution < 1.29 is 13.2 Å². The minimum absolute atomic E-state index is 0.0927. The van der Waals surface area contributed by atoms with Gasteiger partial charge in [0.15, 0.2) is 0 Å². The molecule has 1 aromatic carbocycles. The lowest BCUT2D eigenvalue weighted by Gasteiger charge is -2.09. The fourth-order valence-electron chi connectivity index (χ4n) is 1.10. The maximum atomic E-state index is 11.9. The molecule has 1 N–H and O–H groups in total. The first-order valence-corrected chi connectivity index (χ1v) is 5.24. The van der Waals surface area contributed by atoms with Crippen LogP contribution in [0.3, 0.4) is 0 Å². The zero-order valence-corrected chi connectivity index (χ0v) is 9.74. The summed E-state index contributed by atoms with van der Waals surface area (Å²) in [5, 5.41) is 2.73. The highest BCUT2D eigenvalue weighted by Crippen LogP contribution is 2.22. The molecule has 1 rings (SSSR count). The predicted octanol–water partition coefficient (Wildman–Crippen LogP) is 4.12. The summed E-state index contributed by atoms with van der Waals surface area (Å²) in [5.74, 6) is 0. The van der Waals surface area contributed by atoms with E-state index in [1.807, 2.05) is 13.0 Å². The molecule has 1 nitrogen and oxygen atoms in total. The van der Waals surface area contributed by atoms with E-state index < -0.39 is 12.6 Å². The van der Waals surface area contributed by atoms with Gasteiger partial charge in [0.1, 0.15) is 0 Å². The summed E-state index contributed by atoms with van der Waals surface area (Å²) in [6.45, 7) is 1.80. The second-order valence-corrected chi connectivity index (χ2v) is 4.11. The number of aryl methyl sites for hydroxylation is 1. The highest BCUT2D eigenvalue weighted by atomic mass is 79.9. The summed E-state index contributed by atoms with van der Waals surface area (Å²) in [7, 11) is 0. The second kappa shape index (κ2) is 4.88. The Kier molecular flexibility index (Phi) is 4.02. The number of hydrogen-bond acceptors (Lipinski definition) is 1. The monoisotopic (exact) mass is 281 g/mol. The van der Waals surface area contributed by atoms with Gasteiger partial charge in [-0.15, -0.1) is 0 Å². The number of anilines is 1. The van der Waals surface area contributed by atoms with Gasteiger partial charge in [0.25, 0.3) is 0 Å². The van der Waals surface area contributed by atoms with Crippen molar-refractivity contribution >= 4 is 21.6 Å². The van der Waals surface area contributed by atoms with E-state index in [4.69, 9.17) is 0 Å². The average Bonchev–Trinajstić information content (AvgIpc) is 2.09. The van der Waals surface area contributed by atoms with Gasteiger partial charge in [-0.3, -0.25) is 0 Å². The van der Waals surface area contributed by atoms with Gasteiger partial charge in [0, 0.05) is 16.7 Å². The topological polar surface area (TPSA) is 12.0 Å². The smallest absolute Gasteiger partial charge is 0.385 e. The van der Waals surface area contributed by atoms with Crippen LogP contribution in [0, 0.1) is 6.92 Å². The Morgan fingerprint density at radius 2 is 2.00 bits per heavy atom. The van der Waals surface area contributed by atoms with Crippen LogP contribution in [-0.2, 0) is 0 Å². The molecule has 0 aromatic heterocycles. The molecule has 0 fully saturated rings. The largest absolute Gasteiger partial charge is 0.390 e. The van der Waals surface area contributed by atoms with Crippen molar-refractivity contribution in [3.05, 3.63) is 28.2 Å². The third-order valence-corrected chi connectivity index (χ3v) is 2.79. The molecule has 5 heteroatoms. The number of nitrogens with one attached hydrogen (secondary N) is 1. The van der Waals surface area contributed by atoms with E-state index in [0.29, 0.717) is 5.69 Å². The summed E-state index contributed by atoms with van der Waals surface area (Å²) < 4.78 is 36.5. The van der Waals surface area contributed by atoms with Crippen molar-refractivity contribution in [3.63, 3.8) is 0 Å². The Hall–Kier alpha value is -0.710. The number of halogens is 4. The fourth-order valence-corrected chi connectivity index (χ4v) is 1.35. The van der Waals surface area contributed by atoms with Gasteiger partial charge in [0.05, 0.1) is 6.42 Å². The van der Waals surface area contributed by atoms with Crippen LogP contribution in [0.15, 0.2) is 22.7 Å². The van der Waals surface area contributed by atoms with Gasteiger partial charge in [-0.25, -0.2) is 0 Å². The van der Waals surface area contributed by atoms with E-state index in [9.17, 15) is 13.2 Å². The Morgan fingerprint density at radius 1 is 1.33 bits per heavy atom. The second-order valence-electron chi connectivity index (χ2n) is 3.26. The van der Waals surface area contributed by atoms with Crippen molar-refractivity contribution in [1.29, 1.82) is 0 Å². The minimum atomic E-state index is -4.10. The van der Waals surface area contributed by atoms with Gasteiger partial charge in [-0.05, 0) is 30.7 Å². The molecule has 84 valence electrons. The quantitative estimate of drug-likeness (QED) is 0.879. The molecule has 0 saturated heterocycles. The molecule has 0 aliphatic carbocycles. The third-order valence-electron chi connectivity index (χ3n) is 1.90. The SMILES string of the molecule is Cc1cc(NCCC(F)(F)F)ccc1Br. The zero-order valence-electron chi connectivity index (χ0n) is 8.16. The van der Waals surface area contributed by atoms with Crippen LogP contribution in [-0.4, -0.2) is 12.7 Å². The number of alkyl halides is 3. The van der Waals surface area contributed by atoms with E-state index in [2.05, 4.69) is 21.2 Å². The number of benzene rings is 1. The van der Waals surface area contributed by atoms with E-state index in [1.54, 1.807) is 12.1 Å². The molecular formula is C10H11BrF3N. The van der Waals surface area contributed by atoms with E-state index in [1.165, 1.54) is 0 Å². The molecule has 1 aromatic rings. The predicted molar refractivity (Wildman–Crippen MR) is 58.0 cm³/mol. The fraction of sp³-hybridized carbons (Fsp3) is 0.400. The Bertz CT molecular complexity index is 336. The van der Waals surface area contributed by atoms with Crippen LogP contribution in [0.4, 0.5) is 18.9 Å². The van der Waals surface area contributed by atoms with Crippen LogP contribution in [0.5, 0.6) is 0 Å². The van der Waals surface area contributed by atoms with E-state index in [-0.39, 0.29) is 6.54 Å². The first-order chi connectivity index (χ1) is 6.88. The molecule has 15 heavy (non-hydrogen) atoms. The maximum Gasteiger partial charge on any atom is 0.390 e. The Balaban J connectivity index is 2.48. The van der Waals surface area contributed by atoms with Gasteiger partial charge in [-0.1, -0.05) is 15.9 Å². The van der Waals surface area contributed by atoms with Gasteiger partial charge >= 0.3 is 6.18 Å². The summed E-state index contributed by atoms with van der Waals surface area (Å²) in [5.41, 5.74) is 1.70. The molecular weight excluding hydrogens is 271 g/mol. The van der Waals surface area contributed by atoms with Crippen molar-refractivity contribution in [1.82, 2.24) is 0 Å².